The molecule has 1 rings (SSSR count). The third-order valence-corrected chi connectivity index (χ3v) is 2.21. The fourth-order valence-corrected chi connectivity index (χ4v) is 1.34. The van der Waals surface area contributed by atoms with E-state index >= 15 is 0 Å². The Kier molecular flexibility index (Phi) is 4.60. The van der Waals surface area contributed by atoms with E-state index in [-0.39, 0.29) is 5.91 Å². The molecule has 0 radical (unpaired) electrons. The second kappa shape index (κ2) is 6.01. The highest BCUT2D eigenvalue weighted by Crippen LogP contribution is 2.04. The summed E-state index contributed by atoms with van der Waals surface area (Å²) in [5.74, 6) is 0.0360. The summed E-state index contributed by atoms with van der Waals surface area (Å²) >= 11 is 0. The standard InChI is InChI=1S/C11H17N3O/c1-3-5-11(15)12-7-4-6-10-8-13-14-9(10)2/h3,8H,1,4-7H2,2H3,(H,12,15)(H,13,14). The Hall–Kier alpha value is -1.58. The summed E-state index contributed by atoms with van der Waals surface area (Å²) in [6.07, 6.45) is 5.71. The summed E-state index contributed by atoms with van der Waals surface area (Å²) in [5.41, 5.74) is 2.32. The Morgan fingerprint density at radius 2 is 2.53 bits per heavy atom. The van der Waals surface area contributed by atoms with E-state index in [1.165, 1.54) is 5.56 Å². The van der Waals surface area contributed by atoms with Gasteiger partial charge in [-0.3, -0.25) is 9.89 Å². The van der Waals surface area contributed by atoms with Crippen molar-refractivity contribution in [2.24, 2.45) is 0 Å². The first kappa shape index (κ1) is 11.5. The fraction of sp³-hybridized carbons (Fsp3) is 0.455. The van der Waals surface area contributed by atoms with Crippen LogP contribution in [0.2, 0.25) is 0 Å². The molecule has 4 heteroatoms. The lowest BCUT2D eigenvalue weighted by molar-refractivity contribution is -0.120. The minimum atomic E-state index is 0.0360. The number of aromatic nitrogens is 2. The number of nitrogens with zero attached hydrogens (tertiary/aromatic N) is 1. The van der Waals surface area contributed by atoms with Gasteiger partial charge in [0.25, 0.3) is 0 Å². The van der Waals surface area contributed by atoms with Crippen LogP contribution in [0.1, 0.15) is 24.1 Å². The van der Waals surface area contributed by atoms with Gasteiger partial charge in [0.1, 0.15) is 0 Å². The van der Waals surface area contributed by atoms with Crippen molar-refractivity contribution in [2.75, 3.05) is 6.54 Å². The molecule has 0 atom stereocenters. The highest BCUT2D eigenvalue weighted by atomic mass is 16.1. The fourth-order valence-electron chi connectivity index (χ4n) is 1.34. The van der Waals surface area contributed by atoms with Crippen molar-refractivity contribution in [2.45, 2.75) is 26.2 Å². The normalized spacial score (nSPS) is 9.93. The lowest BCUT2D eigenvalue weighted by Crippen LogP contribution is -2.23. The number of amides is 1. The van der Waals surface area contributed by atoms with Crippen molar-refractivity contribution in [1.82, 2.24) is 15.5 Å². The molecule has 0 saturated heterocycles. The van der Waals surface area contributed by atoms with Crippen LogP contribution in [0, 0.1) is 6.92 Å². The number of hydrogen-bond acceptors (Lipinski definition) is 2. The molecule has 1 heterocycles. The largest absolute Gasteiger partial charge is 0.356 e. The van der Waals surface area contributed by atoms with E-state index in [0.29, 0.717) is 13.0 Å². The van der Waals surface area contributed by atoms with Crippen LogP contribution in [0.25, 0.3) is 0 Å². The van der Waals surface area contributed by atoms with Crippen molar-refractivity contribution >= 4 is 5.91 Å². The molecule has 4 nitrogen and oxygen atoms in total. The van der Waals surface area contributed by atoms with Crippen LogP contribution < -0.4 is 5.32 Å². The third-order valence-electron chi connectivity index (χ3n) is 2.21. The number of hydrogen-bond donors (Lipinski definition) is 2. The van der Waals surface area contributed by atoms with Crippen molar-refractivity contribution < 1.29 is 4.79 Å². The number of aromatic amines is 1. The van der Waals surface area contributed by atoms with E-state index in [1.54, 1.807) is 6.08 Å². The van der Waals surface area contributed by atoms with Gasteiger partial charge >= 0.3 is 0 Å². The van der Waals surface area contributed by atoms with E-state index in [1.807, 2.05) is 13.1 Å². The second-order valence-electron chi connectivity index (χ2n) is 3.47. The van der Waals surface area contributed by atoms with Crippen LogP contribution in [0.3, 0.4) is 0 Å². The third kappa shape index (κ3) is 3.97. The van der Waals surface area contributed by atoms with Crippen LogP contribution in [-0.2, 0) is 11.2 Å². The first-order valence-corrected chi connectivity index (χ1v) is 5.10. The van der Waals surface area contributed by atoms with Gasteiger partial charge in [0.15, 0.2) is 0 Å². The molecule has 82 valence electrons. The maximum absolute atomic E-state index is 11.1. The molecule has 1 aromatic rings. The molecule has 0 aliphatic carbocycles. The van der Waals surface area contributed by atoms with E-state index in [9.17, 15) is 4.79 Å². The second-order valence-corrected chi connectivity index (χ2v) is 3.47. The highest BCUT2D eigenvalue weighted by Gasteiger charge is 2.00. The molecule has 0 aliphatic rings. The zero-order chi connectivity index (χ0) is 11.1. The highest BCUT2D eigenvalue weighted by molar-refractivity contribution is 5.77. The molecule has 1 amide bonds. The summed E-state index contributed by atoms with van der Waals surface area (Å²) in [7, 11) is 0. The molecule has 2 N–H and O–H groups in total. The summed E-state index contributed by atoms with van der Waals surface area (Å²) in [5, 5.41) is 9.65. The Labute approximate surface area is 89.8 Å². The molecule has 1 aromatic heterocycles. The molecule has 0 fully saturated rings. The molecule has 15 heavy (non-hydrogen) atoms. The van der Waals surface area contributed by atoms with Gasteiger partial charge in [-0.15, -0.1) is 6.58 Å². The average Bonchev–Trinajstić information content (AvgIpc) is 2.60. The Morgan fingerprint density at radius 3 is 3.13 bits per heavy atom. The van der Waals surface area contributed by atoms with E-state index in [2.05, 4.69) is 22.1 Å². The van der Waals surface area contributed by atoms with E-state index in [0.717, 1.165) is 18.5 Å². The lowest BCUT2D eigenvalue weighted by Gasteiger charge is -2.02. The molecule has 0 unspecified atom stereocenters. The number of carbonyl (C=O) groups is 1. The van der Waals surface area contributed by atoms with Crippen LogP contribution >= 0.6 is 0 Å². The Morgan fingerprint density at radius 1 is 1.73 bits per heavy atom. The van der Waals surface area contributed by atoms with Crippen LogP contribution in [0.4, 0.5) is 0 Å². The lowest BCUT2D eigenvalue weighted by atomic mass is 10.1. The van der Waals surface area contributed by atoms with Crippen molar-refractivity contribution in [1.29, 1.82) is 0 Å². The van der Waals surface area contributed by atoms with Crippen LogP contribution in [0.5, 0.6) is 0 Å². The van der Waals surface area contributed by atoms with Gasteiger partial charge < -0.3 is 5.32 Å². The van der Waals surface area contributed by atoms with Gasteiger partial charge in [0, 0.05) is 18.7 Å². The number of rotatable bonds is 6. The molecule has 0 saturated carbocycles. The minimum Gasteiger partial charge on any atom is -0.356 e. The average molecular weight is 207 g/mol. The predicted molar refractivity (Wildman–Crippen MR) is 59.5 cm³/mol. The van der Waals surface area contributed by atoms with Gasteiger partial charge in [-0.05, 0) is 25.3 Å². The maximum atomic E-state index is 11.1. The van der Waals surface area contributed by atoms with Crippen molar-refractivity contribution in [3.8, 4) is 0 Å². The molecular weight excluding hydrogens is 190 g/mol. The van der Waals surface area contributed by atoms with Gasteiger partial charge in [-0.1, -0.05) is 6.08 Å². The zero-order valence-electron chi connectivity index (χ0n) is 9.05. The van der Waals surface area contributed by atoms with Crippen molar-refractivity contribution in [3.63, 3.8) is 0 Å². The van der Waals surface area contributed by atoms with Gasteiger partial charge in [-0.25, -0.2) is 0 Å². The van der Waals surface area contributed by atoms with Crippen LogP contribution in [-0.4, -0.2) is 22.6 Å². The zero-order valence-corrected chi connectivity index (χ0v) is 9.05. The van der Waals surface area contributed by atoms with E-state index in [4.69, 9.17) is 0 Å². The SMILES string of the molecule is C=CCC(=O)NCCCc1cn[nH]c1C. The molecule has 0 aromatic carbocycles. The van der Waals surface area contributed by atoms with Gasteiger partial charge in [0.2, 0.25) is 5.91 Å². The Balaban J connectivity index is 2.15. The number of nitrogens with one attached hydrogen (secondary N) is 2. The maximum Gasteiger partial charge on any atom is 0.223 e. The smallest absolute Gasteiger partial charge is 0.223 e. The number of H-pyrrole nitrogens is 1. The molecule has 0 bridgehead atoms. The summed E-state index contributed by atoms with van der Waals surface area (Å²) in [4.78, 5) is 11.1. The van der Waals surface area contributed by atoms with Gasteiger partial charge in [-0.2, -0.15) is 5.10 Å². The van der Waals surface area contributed by atoms with Crippen LogP contribution in [0.15, 0.2) is 18.9 Å². The van der Waals surface area contributed by atoms with Gasteiger partial charge in [0.05, 0.1) is 6.20 Å². The first-order valence-electron chi connectivity index (χ1n) is 5.10. The van der Waals surface area contributed by atoms with Crippen molar-refractivity contribution in [3.05, 3.63) is 30.1 Å². The quantitative estimate of drug-likeness (QED) is 0.546. The monoisotopic (exact) mass is 207 g/mol. The number of aryl methyl sites for hydroxylation is 2. The van der Waals surface area contributed by atoms with E-state index < -0.39 is 0 Å². The molecule has 0 spiro atoms. The summed E-state index contributed by atoms with van der Waals surface area (Å²) in [6.45, 7) is 6.21. The molecular formula is C11H17N3O. The first-order chi connectivity index (χ1) is 7.24. The number of carbonyl (C=O) groups excluding carboxylic acids is 1. The summed E-state index contributed by atoms with van der Waals surface area (Å²) in [6, 6.07) is 0. The predicted octanol–water partition coefficient (Wildman–Crippen LogP) is 1.34. The minimum absolute atomic E-state index is 0.0360. The topological polar surface area (TPSA) is 57.8 Å². The molecule has 0 aliphatic heterocycles. The summed E-state index contributed by atoms with van der Waals surface area (Å²) < 4.78 is 0. The Bertz CT molecular complexity index is 330.